The zero-order chi connectivity index (χ0) is 14.4. The summed E-state index contributed by atoms with van der Waals surface area (Å²) < 4.78 is 0. The molecule has 2 aliphatic carbocycles. The highest BCUT2D eigenvalue weighted by atomic mass is 16.4. The van der Waals surface area contributed by atoms with Gasteiger partial charge in [0, 0.05) is 12.6 Å². The molecule has 0 spiro atoms. The summed E-state index contributed by atoms with van der Waals surface area (Å²) in [6.45, 7) is 0.627. The number of rotatable bonds is 7. The van der Waals surface area contributed by atoms with Crippen molar-refractivity contribution in [1.29, 1.82) is 0 Å². The van der Waals surface area contributed by atoms with Crippen LogP contribution >= 0.6 is 0 Å². The van der Waals surface area contributed by atoms with Gasteiger partial charge in [-0.25, -0.2) is 4.79 Å². The molecule has 1 unspecified atom stereocenters. The van der Waals surface area contributed by atoms with Gasteiger partial charge in [0.2, 0.25) is 0 Å². The van der Waals surface area contributed by atoms with Crippen LogP contribution in [-0.4, -0.2) is 29.7 Å². The lowest BCUT2D eigenvalue weighted by Crippen LogP contribution is -2.44. The molecule has 0 saturated heterocycles. The summed E-state index contributed by atoms with van der Waals surface area (Å²) in [5.41, 5.74) is 1.43. The Morgan fingerprint density at radius 3 is 2.75 bits per heavy atom. The van der Waals surface area contributed by atoms with Crippen molar-refractivity contribution in [3.63, 3.8) is 0 Å². The zero-order valence-electron chi connectivity index (χ0n) is 11.9. The number of carboxylic acids is 1. The van der Waals surface area contributed by atoms with Gasteiger partial charge in [0.1, 0.15) is 0 Å². The van der Waals surface area contributed by atoms with Gasteiger partial charge in [0.15, 0.2) is 0 Å². The molecule has 112 valence electrons. The van der Waals surface area contributed by atoms with Crippen molar-refractivity contribution in [2.45, 2.75) is 57.4 Å². The van der Waals surface area contributed by atoms with Crippen LogP contribution in [0, 0.1) is 5.92 Å². The molecule has 5 nitrogen and oxygen atoms in total. The first-order valence-electron chi connectivity index (χ1n) is 7.59. The molecule has 2 rings (SSSR count). The number of hydrogen-bond donors (Lipinski definition) is 3. The summed E-state index contributed by atoms with van der Waals surface area (Å²) in [6, 6.07) is -0.457. The van der Waals surface area contributed by atoms with Crippen LogP contribution in [0.1, 0.15) is 51.4 Å². The molecule has 1 atom stereocenters. The smallest absolute Gasteiger partial charge is 0.315 e. The first kappa shape index (κ1) is 14.9. The van der Waals surface area contributed by atoms with Crippen LogP contribution in [0.25, 0.3) is 0 Å². The number of amides is 2. The van der Waals surface area contributed by atoms with Crippen LogP contribution in [0.15, 0.2) is 11.6 Å². The van der Waals surface area contributed by atoms with Crippen molar-refractivity contribution in [2.75, 3.05) is 6.54 Å². The van der Waals surface area contributed by atoms with Crippen molar-refractivity contribution in [3.05, 3.63) is 11.6 Å². The number of urea groups is 1. The van der Waals surface area contributed by atoms with Crippen molar-refractivity contribution in [3.8, 4) is 0 Å². The van der Waals surface area contributed by atoms with Crippen molar-refractivity contribution >= 4 is 12.0 Å². The monoisotopic (exact) mass is 280 g/mol. The number of hydrogen-bond acceptors (Lipinski definition) is 2. The minimum Gasteiger partial charge on any atom is -0.481 e. The molecule has 20 heavy (non-hydrogen) atoms. The SMILES string of the molecule is O=C(O)CC(NC(=O)NCCC1=CCCCC1)C1CC1. The van der Waals surface area contributed by atoms with Crippen molar-refractivity contribution in [2.24, 2.45) is 5.92 Å². The molecule has 2 amide bonds. The van der Waals surface area contributed by atoms with E-state index in [2.05, 4.69) is 16.7 Å². The summed E-state index contributed by atoms with van der Waals surface area (Å²) in [5, 5.41) is 14.5. The van der Waals surface area contributed by atoms with Crippen LogP contribution in [0.5, 0.6) is 0 Å². The predicted octanol–water partition coefficient (Wildman–Crippen LogP) is 2.43. The Balaban J connectivity index is 1.65. The Bertz CT molecular complexity index is 389. The second-order valence-electron chi connectivity index (χ2n) is 5.80. The number of carbonyl (C=O) groups excluding carboxylic acids is 1. The molecule has 0 aromatic rings. The molecule has 1 saturated carbocycles. The van der Waals surface area contributed by atoms with Crippen LogP contribution in [0.2, 0.25) is 0 Å². The zero-order valence-corrected chi connectivity index (χ0v) is 11.9. The molecule has 3 N–H and O–H groups in total. The van der Waals surface area contributed by atoms with Gasteiger partial charge in [-0.3, -0.25) is 4.79 Å². The highest BCUT2D eigenvalue weighted by Crippen LogP contribution is 2.33. The fourth-order valence-corrected chi connectivity index (χ4v) is 2.71. The Kier molecular flexibility index (Phi) is 5.44. The van der Waals surface area contributed by atoms with Gasteiger partial charge >= 0.3 is 12.0 Å². The predicted molar refractivity (Wildman–Crippen MR) is 76.5 cm³/mol. The highest BCUT2D eigenvalue weighted by molar-refractivity contribution is 5.75. The number of aliphatic carboxylic acids is 1. The molecule has 0 bridgehead atoms. The number of nitrogens with one attached hydrogen (secondary N) is 2. The summed E-state index contributed by atoms with van der Waals surface area (Å²) in [6.07, 6.45) is 10.1. The Labute approximate surface area is 119 Å². The maximum atomic E-state index is 11.8. The quantitative estimate of drug-likeness (QED) is 0.627. The molecular weight excluding hydrogens is 256 g/mol. The molecular formula is C15H24N2O3. The number of carboxylic acid groups (broad SMARTS) is 1. The summed E-state index contributed by atoms with van der Waals surface area (Å²) in [4.78, 5) is 22.5. The topological polar surface area (TPSA) is 78.4 Å². The molecule has 0 heterocycles. The van der Waals surface area contributed by atoms with Gasteiger partial charge in [-0.05, 0) is 50.9 Å². The Hall–Kier alpha value is -1.52. The first-order chi connectivity index (χ1) is 9.65. The van der Waals surface area contributed by atoms with E-state index < -0.39 is 5.97 Å². The van der Waals surface area contributed by atoms with Gasteiger partial charge < -0.3 is 15.7 Å². The van der Waals surface area contributed by atoms with Crippen LogP contribution in [0.3, 0.4) is 0 Å². The number of allylic oxidation sites excluding steroid dienone is 1. The second-order valence-corrected chi connectivity index (χ2v) is 5.80. The van der Waals surface area contributed by atoms with Crippen molar-refractivity contribution < 1.29 is 14.7 Å². The van der Waals surface area contributed by atoms with E-state index in [-0.39, 0.29) is 18.5 Å². The van der Waals surface area contributed by atoms with Crippen LogP contribution in [0.4, 0.5) is 4.79 Å². The summed E-state index contributed by atoms with van der Waals surface area (Å²) in [5.74, 6) is -0.507. The minimum atomic E-state index is -0.852. The molecule has 0 aromatic carbocycles. The third kappa shape index (κ3) is 5.23. The number of carbonyl (C=O) groups is 2. The van der Waals surface area contributed by atoms with E-state index in [0.29, 0.717) is 12.5 Å². The fraction of sp³-hybridized carbons (Fsp3) is 0.733. The average Bonchev–Trinajstić information content (AvgIpc) is 3.23. The summed E-state index contributed by atoms with van der Waals surface area (Å²) in [7, 11) is 0. The molecule has 0 radical (unpaired) electrons. The van der Waals surface area contributed by atoms with E-state index >= 15 is 0 Å². The third-order valence-electron chi connectivity index (χ3n) is 4.02. The standard InChI is InChI=1S/C15H24N2O3/c18-14(19)10-13(12-6-7-12)17-15(20)16-9-8-11-4-2-1-3-5-11/h4,12-13H,1-3,5-10H2,(H,18,19)(H2,16,17,20). The fourth-order valence-electron chi connectivity index (χ4n) is 2.71. The van der Waals surface area contributed by atoms with E-state index in [1.807, 2.05) is 0 Å². The highest BCUT2D eigenvalue weighted by Gasteiger charge is 2.33. The molecule has 1 fully saturated rings. The molecule has 5 heteroatoms. The van der Waals surface area contributed by atoms with Gasteiger partial charge in [0.25, 0.3) is 0 Å². The first-order valence-corrected chi connectivity index (χ1v) is 7.59. The van der Waals surface area contributed by atoms with Gasteiger partial charge in [-0.2, -0.15) is 0 Å². The average molecular weight is 280 g/mol. The Morgan fingerprint density at radius 2 is 2.15 bits per heavy atom. The van der Waals surface area contributed by atoms with Crippen LogP contribution in [-0.2, 0) is 4.79 Å². The largest absolute Gasteiger partial charge is 0.481 e. The lowest BCUT2D eigenvalue weighted by Gasteiger charge is -2.17. The molecule has 0 aromatic heterocycles. The van der Waals surface area contributed by atoms with E-state index in [9.17, 15) is 9.59 Å². The van der Waals surface area contributed by atoms with E-state index in [1.54, 1.807) is 0 Å². The van der Waals surface area contributed by atoms with Gasteiger partial charge in [0.05, 0.1) is 6.42 Å². The lowest BCUT2D eigenvalue weighted by molar-refractivity contribution is -0.137. The maximum absolute atomic E-state index is 11.8. The maximum Gasteiger partial charge on any atom is 0.315 e. The summed E-state index contributed by atoms with van der Waals surface area (Å²) >= 11 is 0. The molecule has 0 aliphatic heterocycles. The molecule has 2 aliphatic rings. The van der Waals surface area contributed by atoms with E-state index in [1.165, 1.54) is 18.4 Å². The van der Waals surface area contributed by atoms with E-state index in [4.69, 9.17) is 5.11 Å². The van der Waals surface area contributed by atoms with Gasteiger partial charge in [-0.15, -0.1) is 0 Å². The second kappa shape index (κ2) is 7.31. The Morgan fingerprint density at radius 1 is 1.35 bits per heavy atom. The normalized spacial score (nSPS) is 19.9. The van der Waals surface area contributed by atoms with Gasteiger partial charge in [-0.1, -0.05) is 11.6 Å². The van der Waals surface area contributed by atoms with E-state index in [0.717, 1.165) is 32.1 Å². The van der Waals surface area contributed by atoms with Crippen molar-refractivity contribution in [1.82, 2.24) is 10.6 Å². The third-order valence-corrected chi connectivity index (χ3v) is 4.02. The lowest BCUT2D eigenvalue weighted by atomic mass is 9.97. The minimum absolute atomic E-state index is 0.0171. The van der Waals surface area contributed by atoms with Crippen LogP contribution < -0.4 is 10.6 Å².